The molecule has 18 heavy (non-hydrogen) atoms. The van der Waals surface area contributed by atoms with Crippen LogP contribution >= 0.6 is 15.9 Å². The van der Waals surface area contributed by atoms with E-state index in [0.717, 1.165) is 29.2 Å². The van der Waals surface area contributed by atoms with E-state index in [-0.39, 0.29) is 0 Å². The van der Waals surface area contributed by atoms with Crippen LogP contribution < -0.4 is 5.32 Å². The Morgan fingerprint density at radius 2 is 2.06 bits per heavy atom. The van der Waals surface area contributed by atoms with Gasteiger partial charge in [0.05, 0.1) is 5.69 Å². The van der Waals surface area contributed by atoms with Gasteiger partial charge in [-0.3, -0.25) is 4.98 Å². The summed E-state index contributed by atoms with van der Waals surface area (Å²) in [4.78, 5) is 6.65. The number of nitrogens with zero attached hydrogens (tertiary/aromatic N) is 2. The Morgan fingerprint density at radius 1 is 1.33 bits per heavy atom. The van der Waals surface area contributed by atoms with Crippen LogP contribution in [-0.4, -0.2) is 36.6 Å². The van der Waals surface area contributed by atoms with Crippen LogP contribution in [0.25, 0.3) is 0 Å². The average molecular weight is 314 g/mol. The van der Waals surface area contributed by atoms with Crippen molar-refractivity contribution < 1.29 is 0 Å². The van der Waals surface area contributed by atoms with Gasteiger partial charge in [0, 0.05) is 29.8 Å². The molecule has 0 radical (unpaired) electrons. The Hall–Kier alpha value is -0.450. The summed E-state index contributed by atoms with van der Waals surface area (Å²) in [7, 11) is 4.29. The summed E-state index contributed by atoms with van der Waals surface area (Å²) >= 11 is 3.39. The molecule has 1 N–H and O–H groups in total. The second-order valence-corrected chi connectivity index (χ2v) is 6.26. The molecular formula is C14H24BrN3. The van der Waals surface area contributed by atoms with Crippen LogP contribution in [0.2, 0.25) is 0 Å². The third-order valence-corrected chi connectivity index (χ3v) is 3.42. The molecule has 1 rings (SSSR count). The maximum Gasteiger partial charge on any atom is 0.0542 e. The van der Waals surface area contributed by atoms with E-state index in [1.54, 1.807) is 0 Å². The largest absolute Gasteiger partial charge is 0.310 e. The summed E-state index contributed by atoms with van der Waals surface area (Å²) in [6, 6.07) is 4.66. The number of halogens is 1. The van der Waals surface area contributed by atoms with E-state index >= 15 is 0 Å². The van der Waals surface area contributed by atoms with Crippen molar-refractivity contribution in [2.75, 3.05) is 20.6 Å². The second kappa shape index (κ2) is 7.87. The molecular weight excluding hydrogens is 290 g/mol. The van der Waals surface area contributed by atoms with E-state index in [1.807, 2.05) is 18.3 Å². The Labute approximate surface area is 119 Å². The van der Waals surface area contributed by atoms with Crippen molar-refractivity contribution in [1.29, 1.82) is 0 Å². The fourth-order valence-electron chi connectivity index (χ4n) is 1.90. The number of hydrogen-bond acceptors (Lipinski definition) is 3. The highest BCUT2D eigenvalue weighted by molar-refractivity contribution is 9.10. The fraction of sp³-hybridized carbons (Fsp3) is 0.643. The predicted molar refractivity (Wildman–Crippen MR) is 80.6 cm³/mol. The molecule has 0 bridgehead atoms. The van der Waals surface area contributed by atoms with Gasteiger partial charge in [-0.1, -0.05) is 13.8 Å². The summed E-state index contributed by atoms with van der Waals surface area (Å²) in [5, 5.41) is 3.49. The lowest BCUT2D eigenvalue weighted by molar-refractivity contribution is 0.246. The van der Waals surface area contributed by atoms with Crippen molar-refractivity contribution >= 4 is 15.9 Å². The molecule has 0 fully saturated rings. The van der Waals surface area contributed by atoms with Crippen LogP contribution in [-0.2, 0) is 6.54 Å². The first kappa shape index (κ1) is 15.6. The molecule has 0 aliphatic heterocycles. The van der Waals surface area contributed by atoms with Crippen LogP contribution in [0.1, 0.15) is 26.0 Å². The van der Waals surface area contributed by atoms with Gasteiger partial charge in [-0.15, -0.1) is 0 Å². The second-order valence-electron chi connectivity index (χ2n) is 5.35. The number of nitrogens with one attached hydrogen (secondary N) is 1. The Morgan fingerprint density at radius 3 is 2.56 bits per heavy atom. The van der Waals surface area contributed by atoms with E-state index < -0.39 is 0 Å². The minimum Gasteiger partial charge on any atom is -0.310 e. The van der Waals surface area contributed by atoms with Crippen LogP contribution in [0.4, 0.5) is 0 Å². The van der Waals surface area contributed by atoms with E-state index in [4.69, 9.17) is 0 Å². The Bertz CT molecular complexity index is 335. The minimum atomic E-state index is 0.584. The van der Waals surface area contributed by atoms with Gasteiger partial charge in [-0.2, -0.15) is 0 Å². The molecule has 0 aliphatic carbocycles. The number of pyridine rings is 1. The standard InChI is InChI=1S/C14H24BrN3/c1-11(2)7-14(18(3)4)10-16-9-13-6-5-12(15)8-17-13/h5-6,8,11,14,16H,7,9-10H2,1-4H3. The average Bonchev–Trinajstić information content (AvgIpc) is 2.29. The summed E-state index contributed by atoms with van der Waals surface area (Å²) < 4.78 is 1.03. The first-order valence-electron chi connectivity index (χ1n) is 6.46. The fourth-order valence-corrected chi connectivity index (χ4v) is 2.13. The lowest BCUT2D eigenvalue weighted by Gasteiger charge is -2.26. The molecule has 1 unspecified atom stereocenters. The van der Waals surface area contributed by atoms with Crippen molar-refractivity contribution in [2.45, 2.75) is 32.9 Å². The smallest absolute Gasteiger partial charge is 0.0542 e. The third kappa shape index (κ3) is 5.94. The molecule has 1 heterocycles. The van der Waals surface area contributed by atoms with Gasteiger partial charge in [0.1, 0.15) is 0 Å². The number of aromatic nitrogens is 1. The van der Waals surface area contributed by atoms with Crippen molar-refractivity contribution in [3.05, 3.63) is 28.5 Å². The molecule has 0 saturated heterocycles. The van der Waals surface area contributed by atoms with E-state index in [1.165, 1.54) is 6.42 Å². The molecule has 1 aromatic rings. The zero-order valence-electron chi connectivity index (χ0n) is 11.8. The third-order valence-electron chi connectivity index (χ3n) is 2.95. The first-order chi connectivity index (χ1) is 8.49. The Balaban J connectivity index is 2.36. The minimum absolute atomic E-state index is 0.584. The normalized spacial score (nSPS) is 13.3. The first-order valence-corrected chi connectivity index (χ1v) is 7.26. The van der Waals surface area contributed by atoms with E-state index in [0.29, 0.717) is 6.04 Å². The van der Waals surface area contributed by atoms with E-state index in [2.05, 4.69) is 59.1 Å². The topological polar surface area (TPSA) is 28.2 Å². The van der Waals surface area contributed by atoms with Crippen LogP contribution in [0.15, 0.2) is 22.8 Å². The predicted octanol–water partition coefficient (Wildman–Crippen LogP) is 2.91. The molecule has 1 aromatic heterocycles. The van der Waals surface area contributed by atoms with Crippen molar-refractivity contribution in [1.82, 2.24) is 15.2 Å². The molecule has 0 spiro atoms. The summed E-state index contributed by atoms with van der Waals surface area (Å²) in [6.07, 6.45) is 3.06. The summed E-state index contributed by atoms with van der Waals surface area (Å²) in [5.74, 6) is 0.727. The lowest BCUT2D eigenvalue weighted by Crippen LogP contribution is -2.38. The zero-order valence-corrected chi connectivity index (χ0v) is 13.4. The van der Waals surface area contributed by atoms with Crippen LogP contribution in [0.5, 0.6) is 0 Å². The highest BCUT2D eigenvalue weighted by atomic mass is 79.9. The van der Waals surface area contributed by atoms with Gasteiger partial charge in [0.15, 0.2) is 0 Å². The van der Waals surface area contributed by atoms with Gasteiger partial charge >= 0.3 is 0 Å². The highest BCUT2D eigenvalue weighted by Gasteiger charge is 2.12. The van der Waals surface area contributed by atoms with Crippen molar-refractivity contribution in [3.8, 4) is 0 Å². The molecule has 3 nitrogen and oxygen atoms in total. The van der Waals surface area contributed by atoms with Crippen LogP contribution in [0, 0.1) is 5.92 Å². The monoisotopic (exact) mass is 313 g/mol. The van der Waals surface area contributed by atoms with Gasteiger partial charge in [0.25, 0.3) is 0 Å². The maximum absolute atomic E-state index is 4.36. The van der Waals surface area contributed by atoms with E-state index in [9.17, 15) is 0 Å². The highest BCUT2D eigenvalue weighted by Crippen LogP contribution is 2.09. The summed E-state index contributed by atoms with van der Waals surface area (Å²) in [6.45, 7) is 6.37. The molecule has 0 aliphatic rings. The maximum atomic E-state index is 4.36. The quantitative estimate of drug-likeness (QED) is 0.839. The molecule has 1 atom stereocenters. The summed E-state index contributed by atoms with van der Waals surface area (Å²) in [5.41, 5.74) is 1.08. The number of likely N-dealkylation sites (N-methyl/N-ethyl adjacent to an activating group) is 1. The Kier molecular flexibility index (Phi) is 6.82. The molecule has 0 amide bonds. The van der Waals surface area contributed by atoms with Gasteiger partial charge in [-0.25, -0.2) is 0 Å². The lowest BCUT2D eigenvalue weighted by atomic mass is 10.0. The van der Waals surface area contributed by atoms with Gasteiger partial charge in [0.2, 0.25) is 0 Å². The zero-order chi connectivity index (χ0) is 13.5. The molecule has 4 heteroatoms. The molecule has 102 valence electrons. The van der Waals surface area contributed by atoms with Crippen LogP contribution in [0.3, 0.4) is 0 Å². The number of hydrogen-bond donors (Lipinski definition) is 1. The SMILES string of the molecule is CC(C)CC(CNCc1ccc(Br)cn1)N(C)C. The number of rotatable bonds is 7. The molecule has 0 aromatic carbocycles. The molecule has 0 saturated carbocycles. The van der Waals surface area contributed by atoms with Crippen molar-refractivity contribution in [3.63, 3.8) is 0 Å². The van der Waals surface area contributed by atoms with Gasteiger partial charge in [-0.05, 0) is 54.5 Å². The van der Waals surface area contributed by atoms with Crippen molar-refractivity contribution in [2.24, 2.45) is 5.92 Å². The van der Waals surface area contributed by atoms with Gasteiger partial charge < -0.3 is 10.2 Å².